The number of hydrogen-bond donors (Lipinski definition) is 1. The third-order valence-electron chi connectivity index (χ3n) is 1.83. The van der Waals surface area contributed by atoms with Gasteiger partial charge in [-0.3, -0.25) is 14.2 Å². The minimum absolute atomic E-state index is 0.329. The molecular weight excluding hydrogens is 315 g/mol. The summed E-state index contributed by atoms with van der Waals surface area (Å²) < 4.78 is 2.34. The summed E-state index contributed by atoms with van der Waals surface area (Å²) in [6, 6.07) is 0. The monoisotopic (exact) mass is 324 g/mol. The van der Waals surface area contributed by atoms with Gasteiger partial charge in [0.2, 0.25) is 0 Å². The number of carboxylic acids is 1. The lowest BCUT2D eigenvalue weighted by atomic mass is 10.5. The van der Waals surface area contributed by atoms with Crippen LogP contribution in [0.4, 0.5) is 0 Å². The number of hydrogen-bond acceptors (Lipinski definition) is 3. The van der Waals surface area contributed by atoms with Crippen molar-refractivity contribution in [3.8, 4) is 0 Å². The third-order valence-corrected chi connectivity index (χ3v) is 2.57. The second-order valence-electron chi connectivity index (χ2n) is 2.83. The van der Waals surface area contributed by atoms with Crippen molar-refractivity contribution in [2.45, 2.75) is 20.0 Å². The largest absolute Gasteiger partial charge is 0.480 e. The Bertz CT molecular complexity index is 502. The van der Waals surface area contributed by atoms with Crippen LogP contribution in [0.5, 0.6) is 0 Å². The van der Waals surface area contributed by atoms with Crippen molar-refractivity contribution in [3.63, 3.8) is 0 Å². The van der Waals surface area contributed by atoms with Crippen molar-refractivity contribution in [2.75, 3.05) is 0 Å². The number of aryl methyl sites for hydroxylation is 1. The fourth-order valence-corrected chi connectivity index (χ4v) is 1.75. The summed E-state index contributed by atoms with van der Waals surface area (Å²) in [6.45, 7) is 1.54. The highest BCUT2D eigenvalue weighted by molar-refractivity contribution is 14.1. The smallest absolute Gasteiger partial charge is 0.331 e. The Hall–Kier alpha value is -1.12. The molecule has 0 aliphatic rings. The minimum atomic E-state index is -1.21. The average Bonchev–Trinajstić information content (AvgIpc) is 2.18. The van der Waals surface area contributed by atoms with Crippen LogP contribution in [0.3, 0.4) is 0 Å². The van der Waals surface area contributed by atoms with Gasteiger partial charge in [0.15, 0.2) is 0 Å². The summed E-state index contributed by atoms with van der Waals surface area (Å²) in [6.07, 6.45) is 1.42. The van der Waals surface area contributed by atoms with E-state index in [1.165, 1.54) is 10.8 Å². The molecule has 0 saturated heterocycles. The van der Waals surface area contributed by atoms with Crippen molar-refractivity contribution >= 4 is 28.6 Å². The van der Waals surface area contributed by atoms with E-state index < -0.39 is 23.8 Å². The summed E-state index contributed by atoms with van der Waals surface area (Å²) in [7, 11) is 0. The molecule has 0 atom stereocenters. The first-order valence-corrected chi connectivity index (χ1v) is 5.26. The summed E-state index contributed by atoms with van der Waals surface area (Å²) in [4.78, 5) is 33.5. The Kier molecular flexibility index (Phi) is 3.66. The Morgan fingerprint density at radius 2 is 2.13 bits per heavy atom. The number of rotatable bonds is 3. The molecule has 0 saturated carbocycles. The number of carbonyl (C=O) groups is 1. The number of nitrogens with zero attached hydrogens (tertiary/aromatic N) is 2. The Labute approximate surface area is 98.3 Å². The number of aliphatic carboxylic acids is 1. The van der Waals surface area contributed by atoms with Crippen molar-refractivity contribution < 1.29 is 9.90 Å². The molecule has 82 valence electrons. The van der Waals surface area contributed by atoms with E-state index in [4.69, 9.17) is 5.11 Å². The maximum atomic E-state index is 11.6. The van der Waals surface area contributed by atoms with E-state index in [0.717, 1.165) is 0 Å². The summed E-state index contributed by atoms with van der Waals surface area (Å²) in [5.74, 6) is -1.21. The van der Waals surface area contributed by atoms with Gasteiger partial charge in [-0.15, -0.1) is 0 Å². The molecule has 0 amide bonds. The van der Waals surface area contributed by atoms with Crippen LogP contribution < -0.4 is 11.2 Å². The normalized spacial score (nSPS) is 10.3. The van der Waals surface area contributed by atoms with Crippen LogP contribution in [0.15, 0.2) is 15.8 Å². The maximum Gasteiger partial charge on any atom is 0.331 e. The highest BCUT2D eigenvalue weighted by Gasteiger charge is 2.11. The Morgan fingerprint density at radius 3 is 2.60 bits per heavy atom. The van der Waals surface area contributed by atoms with E-state index in [0.29, 0.717) is 14.7 Å². The van der Waals surface area contributed by atoms with Gasteiger partial charge < -0.3 is 5.11 Å². The van der Waals surface area contributed by atoms with Gasteiger partial charge in [0, 0.05) is 12.7 Å². The van der Waals surface area contributed by atoms with Gasteiger partial charge in [-0.2, -0.15) is 0 Å². The van der Waals surface area contributed by atoms with Gasteiger partial charge in [-0.05, 0) is 29.5 Å². The van der Waals surface area contributed by atoms with Crippen molar-refractivity contribution in [2.24, 2.45) is 0 Å². The van der Waals surface area contributed by atoms with Crippen molar-refractivity contribution in [1.82, 2.24) is 9.13 Å². The minimum Gasteiger partial charge on any atom is -0.480 e. The molecule has 6 nitrogen and oxygen atoms in total. The summed E-state index contributed by atoms with van der Waals surface area (Å²) in [5.41, 5.74) is -1.15. The highest BCUT2D eigenvalue weighted by Crippen LogP contribution is 1.94. The topological polar surface area (TPSA) is 81.3 Å². The molecule has 0 aromatic carbocycles. The van der Waals surface area contributed by atoms with Crippen LogP contribution >= 0.6 is 22.6 Å². The molecule has 1 aromatic heterocycles. The molecule has 15 heavy (non-hydrogen) atoms. The molecule has 0 aliphatic carbocycles. The van der Waals surface area contributed by atoms with Crippen LogP contribution in [-0.4, -0.2) is 20.2 Å². The summed E-state index contributed by atoms with van der Waals surface area (Å²) in [5, 5.41) is 8.56. The zero-order chi connectivity index (χ0) is 11.6. The molecule has 0 radical (unpaired) electrons. The number of halogens is 1. The molecule has 1 rings (SSSR count). The molecular formula is C8H9IN2O4. The van der Waals surface area contributed by atoms with Gasteiger partial charge in [-0.25, -0.2) is 9.36 Å². The zero-order valence-electron chi connectivity index (χ0n) is 7.94. The van der Waals surface area contributed by atoms with Crippen LogP contribution in [0.1, 0.15) is 6.92 Å². The average molecular weight is 324 g/mol. The zero-order valence-corrected chi connectivity index (χ0v) is 10.1. The van der Waals surface area contributed by atoms with E-state index in [-0.39, 0.29) is 0 Å². The van der Waals surface area contributed by atoms with E-state index in [9.17, 15) is 14.4 Å². The van der Waals surface area contributed by atoms with Crippen LogP contribution in [0.2, 0.25) is 0 Å². The molecule has 0 unspecified atom stereocenters. The fourth-order valence-electron chi connectivity index (χ4n) is 1.12. The quantitative estimate of drug-likeness (QED) is 0.776. The lowest BCUT2D eigenvalue weighted by Crippen LogP contribution is -2.42. The SMILES string of the molecule is CCn1cc(I)c(=O)n(CC(=O)O)c1=O. The summed E-state index contributed by atoms with van der Waals surface area (Å²) >= 11 is 1.78. The van der Waals surface area contributed by atoms with Crippen LogP contribution in [-0.2, 0) is 17.9 Å². The second kappa shape index (κ2) is 4.60. The van der Waals surface area contributed by atoms with E-state index in [1.54, 1.807) is 29.5 Å². The predicted molar refractivity (Wildman–Crippen MR) is 61.0 cm³/mol. The van der Waals surface area contributed by atoms with Crippen LogP contribution in [0, 0.1) is 3.57 Å². The van der Waals surface area contributed by atoms with Gasteiger partial charge in [-0.1, -0.05) is 0 Å². The first-order chi connectivity index (χ1) is 6.97. The molecule has 0 fully saturated rings. The molecule has 7 heteroatoms. The first-order valence-electron chi connectivity index (χ1n) is 4.19. The Morgan fingerprint density at radius 1 is 1.53 bits per heavy atom. The molecule has 1 heterocycles. The molecule has 0 spiro atoms. The molecule has 1 N–H and O–H groups in total. The van der Waals surface area contributed by atoms with E-state index >= 15 is 0 Å². The van der Waals surface area contributed by atoms with Gasteiger partial charge in [0.25, 0.3) is 5.56 Å². The Balaban J connectivity index is 3.48. The highest BCUT2D eigenvalue weighted by atomic mass is 127. The molecule has 0 aliphatic heterocycles. The van der Waals surface area contributed by atoms with E-state index in [2.05, 4.69) is 0 Å². The predicted octanol–water partition coefficient (Wildman–Crippen LogP) is -0.281. The van der Waals surface area contributed by atoms with E-state index in [1.807, 2.05) is 0 Å². The molecule has 1 aromatic rings. The van der Waals surface area contributed by atoms with Crippen LogP contribution in [0.25, 0.3) is 0 Å². The number of carboxylic acid groups (broad SMARTS) is 1. The van der Waals surface area contributed by atoms with Gasteiger partial charge in [0.1, 0.15) is 6.54 Å². The first kappa shape index (κ1) is 12.0. The fraction of sp³-hybridized carbons (Fsp3) is 0.375. The molecule has 0 bridgehead atoms. The second-order valence-corrected chi connectivity index (χ2v) is 3.99. The lowest BCUT2D eigenvalue weighted by Gasteiger charge is -2.07. The van der Waals surface area contributed by atoms with Gasteiger partial charge >= 0.3 is 11.7 Å². The van der Waals surface area contributed by atoms with Crippen molar-refractivity contribution in [1.29, 1.82) is 0 Å². The van der Waals surface area contributed by atoms with Crippen molar-refractivity contribution in [3.05, 3.63) is 30.6 Å². The number of aromatic nitrogens is 2. The van der Waals surface area contributed by atoms with Gasteiger partial charge in [0.05, 0.1) is 3.57 Å². The maximum absolute atomic E-state index is 11.6. The lowest BCUT2D eigenvalue weighted by molar-refractivity contribution is -0.137. The third kappa shape index (κ3) is 2.46. The standard InChI is InChI=1S/C8H9IN2O4/c1-2-10-3-5(9)7(14)11(8(10)15)4-6(12)13/h3H,2,4H2,1H3,(H,12,13).